The molecule has 6 heteroatoms. The third-order valence-electron chi connectivity index (χ3n) is 2.48. The van der Waals surface area contributed by atoms with Crippen molar-refractivity contribution in [1.82, 2.24) is 15.5 Å². The number of nitrogens with two attached hydrogens (primary N) is 1. The second kappa shape index (κ2) is 5.90. The number of anilines is 1. The van der Waals surface area contributed by atoms with E-state index in [0.29, 0.717) is 24.5 Å². The Balaban J connectivity index is 1.72. The molecular weight excluding hydrogens is 244 g/mol. The van der Waals surface area contributed by atoms with E-state index < -0.39 is 0 Å². The second-order valence-electron chi connectivity index (χ2n) is 4.11. The molecule has 0 unspecified atom stereocenters. The number of H-pyrrole nitrogens is 1. The van der Waals surface area contributed by atoms with Gasteiger partial charge in [0.05, 0.1) is 6.54 Å². The number of hydrogen-bond acceptors (Lipinski definition) is 4. The first-order chi connectivity index (χ1) is 9.15. The number of aromatic amines is 1. The van der Waals surface area contributed by atoms with Crippen LogP contribution in [-0.4, -0.2) is 29.3 Å². The number of carbonyl (C=O) groups is 1. The maximum absolute atomic E-state index is 11.6. The van der Waals surface area contributed by atoms with Crippen molar-refractivity contribution in [2.24, 2.45) is 0 Å². The van der Waals surface area contributed by atoms with Crippen molar-refractivity contribution < 1.29 is 9.53 Å². The van der Waals surface area contributed by atoms with E-state index in [1.807, 2.05) is 6.92 Å². The van der Waals surface area contributed by atoms with Crippen LogP contribution >= 0.6 is 0 Å². The zero-order chi connectivity index (χ0) is 13.7. The first-order valence-corrected chi connectivity index (χ1v) is 5.94. The minimum atomic E-state index is -0.217. The first-order valence-electron chi connectivity index (χ1n) is 5.94. The largest absolute Gasteiger partial charge is 0.492 e. The predicted molar refractivity (Wildman–Crippen MR) is 72.0 cm³/mol. The van der Waals surface area contributed by atoms with E-state index in [1.165, 1.54) is 0 Å². The van der Waals surface area contributed by atoms with Crippen molar-refractivity contribution in [2.45, 2.75) is 6.92 Å². The summed E-state index contributed by atoms with van der Waals surface area (Å²) in [5, 5.41) is 9.31. The van der Waals surface area contributed by atoms with Crippen LogP contribution in [0.2, 0.25) is 0 Å². The second-order valence-corrected chi connectivity index (χ2v) is 4.11. The smallest absolute Gasteiger partial charge is 0.271 e. The molecule has 100 valence electrons. The highest BCUT2D eigenvalue weighted by Gasteiger charge is 2.07. The molecule has 0 radical (unpaired) electrons. The Morgan fingerprint density at radius 2 is 2.16 bits per heavy atom. The van der Waals surface area contributed by atoms with E-state index in [0.717, 1.165) is 11.4 Å². The highest BCUT2D eigenvalue weighted by atomic mass is 16.5. The molecule has 19 heavy (non-hydrogen) atoms. The number of nitrogen functional groups attached to an aromatic ring is 1. The fourth-order valence-corrected chi connectivity index (χ4v) is 1.52. The molecule has 0 spiro atoms. The van der Waals surface area contributed by atoms with Crippen molar-refractivity contribution >= 4 is 11.6 Å². The molecule has 0 aliphatic carbocycles. The van der Waals surface area contributed by atoms with Gasteiger partial charge in [-0.3, -0.25) is 9.89 Å². The quantitative estimate of drug-likeness (QED) is 0.554. The standard InChI is InChI=1S/C13H16N4O2/c1-9-8-12(17-16-9)13(18)15-6-7-19-11-4-2-10(14)3-5-11/h2-5,8H,6-7,14H2,1H3,(H,15,18)(H,16,17). The molecule has 4 N–H and O–H groups in total. The number of benzene rings is 1. The lowest BCUT2D eigenvalue weighted by Gasteiger charge is -2.07. The normalized spacial score (nSPS) is 10.2. The van der Waals surface area contributed by atoms with Crippen molar-refractivity contribution in [1.29, 1.82) is 0 Å². The molecule has 0 saturated heterocycles. The lowest BCUT2D eigenvalue weighted by Crippen LogP contribution is -2.28. The van der Waals surface area contributed by atoms with Gasteiger partial charge in [0.1, 0.15) is 18.1 Å². The van der Waals surface area contributed by atoms with Gasteiger partial charge in [0, 0.05) is 11.4 Å². The lowest BCUT2D eigenvalue weighted by atomic mass is 10.3. The van der Waals surface area contributed by atoms with Crippen LogP contribution in [-0.2, 0) is 0 Å². The van der Waals surface area contributed by atoms with Gasteiger partial charge < -0.3 is 15.8 Å². The van der Waals surface area contributed by atoms with Gasteiger partial charge in [-0.05, 0) is 37.3 Å². The number of nitrogens with zero attached hydrogens (tertiary/aromatic N) is 1. The summed E-state index contributed by atoms with van der Waals surface area (Å²) < 4.78 is 5.45. The monoisotopic (exact) mass is 260 g/mol. The fourth-order valence-electron chi connectivity index (χ4n) is 1.52. The van der Waals surface area contributed by atoms with Gasteiger partial charge in [-0.15, -0.1) is 0 Å². The maximum atomic E-state index is 11.6. The average molecular weight is 260 g/mol. The Hall–Kier alpha value is -2.50. The van der Waals surface area contributed by atoms with Crippen LogP contribution in [0.15, 0.2) is 30.3 Å². The van der Waals surface area contributed by atoms with Crippen LogP contribution < -0.4 is 15.8 Å². The Morgan fingerprint density at radius 1 is 1.42 bits per heavy atom. The van der Waals surface area contributed by atoms with Crippen molar-refractivity contribution in [3.8, 4) is 5.75 Å². The van der Waals surface area contributed by atoms with E-state index in [1.54, 1.807) is 30.3 Å². The summed E-state index contributed by atoms with van der Waals surface area (Å²) in [7, 11) is 0. The summed E-state index contributed by atoms with van der Waals surface area (Å²) in [6, 6.07) is 8.79. The molecule has 0 bridgehead atoms. The van der Waals surface area contributed by atoms with Gasteiger partial charge in [0.25, 0.3) is 5.91 Å². The first kappa shape index (κ1) is 12.9. The van der Waals surface area contributed by atoms with Crippen LogP contribution in [0.3, 0.4) is 0 Å². The van der Waals surface area contributed by atoms with E-state index >= 15 is 0 Å². The molecule has 0 atom stereocenters. The SMILES string of the molecule is Cc1cc(C(=O)NCCOc2ccc(N)cc2)n[nH]1. The van der Waals surface area contributed by atoms with Gasteiger partial charge in [0.2, 0.25) is 0 Å². The summed E-state index contributed by atoms with van der Waals surface area (Å²) in [4.78, 5) is 11.6. The number of amides is 1. The highest BCUT2D eigenvalue weighted by molar-refractivity contribution is 5.92. The molecule has 1 amide bonds. The van der Waals surface area contributed by atoms with Gasteiger partial charge in [0.15, 0.2) is 0 Å². The summed E-state index contributed by atoms with van der Waals surface area (Å²) in [6.07, 6.45) is 0. The number of aryl methyl sites for hydroxylation is 1. The van der Waals surface area contributed by atoms with Crippen LogP contribution in [0.25, 0.3) is 0 Å². The Kier molecular flexibility index (Phi) is 4.02. The molecule has 1 aromatic heterocycles. The molecule has 1 heterocycles. The van der Waals surface area contributed by atoms with Gasteiger partial charge in [-0.1, -0.05) is 0 Å². The third-order valence-corrected chi connectivity index (χ3v) is 2.48. The van der Waals surface area contributed by atoms with Crippen molar-refractivity contribution in [2.75, 3.05) is 18.9 Å². The van der Waals surface area contributed by atoms with Gasteiger partial charge in [-0.25, -0.2) is 0 Å². The van der Waals surface area contributed by atoms with Crippen LogP contribution in [0.5, 0.6) is 5.75 Å². The third kappa shape index (κ3) is 3.74. The van der Waals surface area contributed by atoms with Crippen molar-refractivity contribution in [3.63, 3.8) is 0 Å². The number of ether oxygens (including phenoxy) is 1. The average Bonchev–Trinajstić information content (AvgIpc) is 2.83. The minimum Gasteiger partial charge on any atom is -0.492 e. The fraction of sp³-hybridized carbons (Fsp3) is 0.231. The minimum absolute atomic E-state index is 0.217. The molecule has 2 aromatic rings. The number of carbonyl (C=O) groups excluding carboxylic acids is 1. The number of rotatable bonds is 5. The van der Waals surface area contributed by atoms with Crippen LogP contribution in [0, 0.1) is 6.92 Å². The van der Waals surface area contributed by atoms with Crippen LogP contribution in [0.4, 0.5) is 5.69 Å². The zero-order valence-electron chi connectivity index (χ0n) is 10.6. The molecule has 0 aliphatic rings. The number of nitrogens with one attached hydrogen (secondary N) is 2. The highest BCUT2D eigenvalue weighted by Crippen LogP contribution is 2.12. The summed E-state index contributed by atoms with van der Waals surface area (Å²) in [6.45, 7) is 2.64. The van der Waals surface area contributed by atoms with E-state index in [-0.39, 0.29) is 5.91 Å². The van der Waals surface area contributed by atoms with E-state index in [4.69, 9.17) is 10.5 Å². The summed E-state index contributed by atoms with van der Waals surface area (Å²) in [5.41, 5.74) is 7.48. The van der Waals surface area contributed by atoms with E-state index in [9.17, 15) is 4.79 Å². The van der Waals surface area contributed by atoms with Crippen molar-refractivity contribution in [3.05, 3.63) is 41.7 Å². The number of aromatic nitrogens is 2. The Labute approximate surface area is 111 Å². The molecular formula is C13H16N4O2. The molecule has 6 nitrogen and oxygen atoms in total. The maximum Gasteiger partial charge on any atom is 0.271 e. The zero-order valence-corrected chi connectivity index (χ0v) is 10.6. The lowest BCUT2D eigenvalue weighted by molar-refractivity contribution is 0.0942. The Bertz CT molecular complexity index is 548. The van der Waals surface area contributed by atoms with Gasteiger partial charge in [-0.2, -0.15) is 5.10 Å². The molecule has 0 saturated carbocycles. The number of hydrogen-bond donors (Lipinski definition) is 3. The Morgan fingerprint density at radius 3 is 2.79 bits per heavy atom. The summed E-state index contributed by atoms with van der Waals surface area (Å²) >= 11 is 0. The predicted octanol–water partition coefficient (Wildman–Crippen LogP) is 1.11. The van der Waals surface area contributed by atoms with Crippen LogP contribution in [0.1, 0.15) is 16.2 Å². The molecule has 2 rings (SSSR count). The topological polar surface area (TPSA) is 93.0 Å². The van der Waals surface area contributed by atoms with E-state index in [2.05, 4.69) is 15.5 Å². The van der Waals surface area contributed by atoms with Gasteiger partial charge >= 0.3 is 0 Å². The molecule has 0 fully saturated rings. The summed E-state index contributed by atoms with van der Waals surface area (Å²) in [5.74, 6) is 0.504. The molecule has 0 aliphatic heterocycles. The molecule has 1 aromatic carbocycles.